The molecule has 5 nitrogen and oxygen atoms in total. The monoisotopic (exact) mass is 302 g/mol. The Hall–Kier alpha value is -0.820. The van der Waals surface area contributed by atoms with Crippen LogP contribution in [0.5, 0.6) is 0 Å². The summed E-state index contributed by atoms with van der Waals surface area (Å²) in [5.41, 5.74) is 0.561. The molecule has 1 aliphatic heterocycles. The second-order valence-corrected chi connectivity index (χ2v) is 5.25. The Morgan fingerprint density at radius 2 is 1.95 bits per heavy atom. The van der Waals surface area contributed by atoms with Crippen LogP contribution in [0.15, 0.2) is 30.3 Å². The van der Waals surface area contributed by atoms with Gasteiger partial charge in [-0.1, -0.05) is 42.1 Å². The summed E-state index contributed by atoms with van der Waals surface area (Å²) in [4.78, 5) is 39.4. The summed E-state index contributed by atoms with van der Waals surface area (Å²) in [6.45, 7) is 1.57. The molecule has 0 saturated carbocycles. The normalized spacial score (nSPS) is 17.6. The summed E-state index contributed by atoms with van der Waals surface area (Å²) in [6, 6.07) is 8.78. The summed E-state index contributed by atoms with van der Waals surface area (Å²) in [5.74, 6) is -0.863. The minimum atomic E-state index is -0.534. The first-order chi connectivity index (χ1) is 9.08. The Morgan fingerprint density at radius 3 is 2.55 bits per heavy atom. The fraction of sp³-hybridized carbons (Fsp3) is 0.308. The molecule has 0 spiro atoms. The molecule has 1 amide bonds. The van der Waals surface area contributed by atoms with E-state index in [-0.39, 0.29) is 40.6 Å². The third-order valence-electron chi connectivity index (χ3n) is 2.61. The van der Waals surface area contributed by atoms with Crippen molar-refractivity contribution in [2.45, 2.75) is 18.6 Å². The van der Waals surface area contributed by atoms with Crippen LogP contribution in [0.1, 0.15) is 23.7 Å². The Labute approximate surface area is 143 Å². The minimum Gasteiger partial charge on any atom is -0.338 e. The number of thioether (sulfide) groups is 1. The molecule has 2 rings (SSSR count). The second kappa shape index (κ2) is 7.83. The van der Waals surface area contributed by atoms with E-state index in [4.69, 9.17) is 4.84 Å². The van der Waals surface area contributed by atoms with E-state index in [9.17, 15) is 14.4 Å². The number of nitrogens with zero attached hydrogens (tertiary/aromatic N) is 1. The van der Waals surface area contributed by atoms with Gasteiger partial charge in [-0.3, -0.25) is 14.4 Å². The van der Waals surface area contributed by atoms with Crippen LogP contribution in [0, 0.1) is 0 Å². The molecule has 1 aromatic rings. The zero-order valence-electron chi connectivity index (χ0n) is 11.4. The molecule has 1 radical (unpaired) electrons. The number of benzene rings is 1. The maximum Gasteiger partial charge on any atom is 0.329 e. The summed E-state index contributed by atoms with van der Waals surface area (Å²) < 4.78 is 0. The molecule has 7 heteroatoms. The predicted octanol–water partition coefficient (Wildman–Crippen LogP) is 1.26. The molecule has 1 aromatic carbocycles. The molecule has 1 heterocycles. The van der Waals surface area contributed by atoms with E-state index in [1.165, 1.54) is 6.92 Å². The van der Waals surface area contributed by atoms with Crippen LogP contribution >= 0.6 is 11.8 Å². The second-order valence-electron chi connectivity index (χ2n) is 4.07. The average Bonchev–Trinajstić information content (AvgIpc) is 2.72. The molecule has 0 aromatic heterocycles. The third kappa shape index (κ3) is 4.34. The van der Waals surface area contributed by atoms with Crippen molar-refractivity contribution in [3.63, 3.8) is 0 Å². The van der Waals surface area contributed by atoms with Gasteiger partial charge in [0.25, 0.3) is 5.91 Å². The number of hydrogen-bond acceptors (Lipinski definition) is 5. The van der Waals surface area contributed by atoms with Gasteiger partial charge in [-0.2, -0.15) is 5.06 Å². The molecule has 1 saturated heterocycles. The molecular weight excluding hydrogens is 289 g/mol. The topological polar surface area (TPSA) is 63.7 Å². The molecular formula is C13H13NNaO4S. The van der Waals surface area contributed by atoms with Crippen molar-refractivity contribution in [1.29, 1.82) is 0 Å². The van der Waals surface area contributed by atoms with Crippen molar-refractivity contribution in [2.75, 3.05) is 6.54 Å². The van der Waals surface area contributed by atoms with Gasteiger partial charge in [-0.15, -0.1) is 0 Å². The van der Waals surface area contributed by atoms with Crippen LogP contribution in [-0.4, -0.2) is 63.4 Å². The maximum atomic E-state index is 12.0. The summed E-state index contributed by atoms with van der Waals surface area (Å²) in [7, 11) is 0. The van der Waals surface area contributed by atoms with Crippen molar-refractivity contribution >= 4 is 58.3 Å². The predicted molar refractivity (Wildman–Crippen MR) is 76.0 cm³/mol. The SMILES string of the molecule is CC(=O)ON1CCC(SC(=O)c2ccccc2)C1=O.[Na]. The van der Waals surface area contributed by atoms with Crippen molar-refractivity contribution in [3.8, 4) is 0 Å². The van der Waals surface area contributed by atoms with E-state index in [2.05, 4.69) is 0 Å². The van der Waals surface area contributed by atoms with Crippen LogP contribution in [0.3, 0.4) is 0 Å². The molecule has 101 valence electrons. The number of hydroxylamine groups is 2. The van der Waals surface area contributed by atoms with Crippen LogP contribution in [0.2, 0.25) is 0 Å². The quantitative estimate of drug-likeness (QED) is 0.787. The molecule has 1 aliphatic rings. The van der Waals surface area contributed by atoms with E-state index < -0.39 is 11.2 Å². The van der Waals surface area contributed by atoms with Crippen LogP contribution in [0.4, 0.5) is 0 Å². The standard InChI is InChI=1S/C13H13NO4S.Na/c1-9(15)18-14-8-7-11(12(14)16)19-13(17)10-5-3-2-4-6-10;/h2-6,11H,7-8H2,1H3;. The Kier molecular flexibility index (Phi) is 6.75. The van der Waals surface area contributed by atoms with Crippen LogP contribution in [-0.2, 0) is 14.4 Å². The maximum absolute atomic E-state index is 12.0. The first-order valence-corrected chi connectivity index (χ1v) is 6.72. The van der Waals surface area contributed by atoms with Gasteiger partial charge in [-0.05, 0) is 6.42 Å². The Balaban J connectivity index is 0.00000200. The number of hydrogen-bond donors (Lipinski definition) is 0. The first-order valence-electron chi connectivity index (χ1n) is 5.84. The van der Waals surface area contributed by atoms with Gasteiger partial charge >= 0.3 is 5.97 Å². The van der Waals surface area contributed by atoms with Crippen molar-refractivity contribution in [3.05, 3.63) is 35.9 Å². The van der Waals surface area contributed by atoms with Gasteiger partial charge in [0.05, 0.1) is 11.8 Å². The van der Waals surface area contributed by atoms with Crippen molar-refractivity contribution < 1.29 is 19.2 Å². The first kappa shape index (κ1) is 17.2. The zero-order chi connectivity index (χ0) is 13.8. The fourth-order valence-electron chi connectivity index (χ4n) is 1.76. The van der Waals surface area contributed by atoms with E-state index in [1.807, 2.05) is 6.07 Å². The smallest absolute Gasteiger partial charge is 0.329 e. The van der Waals surface area contributed by atoms with Gasteiger partial charge in [0.1, 0.15) is 0 Å². The van der Waals surface area contributed by atoms with E-state index in [0.717, 1.165) is 16.8 Å². The van der Waals surface area contributed by atoms with Gasteiger partial charge in [-0.25, -0.2) is 0 Å². The molecule has 1 atom stereocenters. The van der Waals surface area contributed by atoms with Gasteiger partial charge in [0.2, 0.25) is 5.12 Å². The Bertz CT molecular complexity index is 508. The molecule has 1 fully saturated rings. The Morgan fingerprint density at radius 1 is 1.30 bits per heavy atom. The number of carbonyl (C=O) groups excluding carboxylic acids is 3. The van der Waals surface area contributed by atoms with Gasteiger partial charge < -0.3 is 4.84 Å². The zero-order valence-corrected chi connectivity index (χ0v) is 14.2. The van der Waals surface area contributed by atoms with Crippen LogP contribution in [0.25, 0.3) is 0 Å². The minimum absolute atomic E-state index is 0. The number of carbonyl (C=O) groups is 3. The molecule has 0 N–H and O–H groups in total. The van der Waals surface area contributed by atoms with E-state index in [1.54, 1.807) is 24.3 Å². The largest absolute Gasteiger partial charge is 0.338 e. The summed E-state index contributed by atoms with van der Waals surface area (Å²) in [5, 5.41) is 0.397. The van der Waals surface area contributed by atoms with Crippen LogP contribution < -0.4 is 0 Å². The fourth-order valence-corrected chi connectivity index (χ4v) is 2.73. The van der Waals surface area contributed by atoms with E-state index in [0.29, 0.717) is 18.5 Å². The van der Waals surface area contributed by atoms with Gasteiger partial charge in [0, 0.05) is 42.0 Å². The molecule has 0 bridgehead atoms. The van der Waals surface area contributed by atoms with E-state index >= 15 is 0 Å². The molecule has 20 heavy (non-hydrogen) atoms. The molecule has 1 unspecified atom stereocenters. The van der Waals surface area contributed by atoms with Crippen molar-refractivity contribution in [2.24, 2.45) is 0 Å². The number of rotatable bonds is 3. The van der Waals surface area contributed by atoms with Crippen molar-refractivity contribution in [1.82, 2.24) is 5.06 Å². The molecule has 0 aliphatic carbocycles. The average molecular weight is 302 g/mol. The summed E-state index contributed by atoms with van der Waals surface area (Å²) >= 11 is 0.978. The number of amides is 1. The third-order valence-corrected chi connectivity index (χ3v) is 3.78. The summed E-state index contributed by atoms with van der Waals surface area (Å²) in [6.07, 6.45) is 0.495. The van der Waals surface area contributed by atoms with Gasteiger partial charge in [0.15, 0.2) is 0 Å².